The summed E-state index contributed by atoms with van der Waals surface area (Å²) in [6, 6.07) is 27.2. The van der Waals surface area contributed by atoms with E-state index in [4.69, 9.17) is 0 Å². The van der Waals surface area contributed by atoms with E-state index < -0.39 is 11.9 Å². The Morgan fingerprint density at radius 3 is 1.26 bits per heavy atom. The van der Waals surface area contributed by atoms with Gasteiger partial charge in [-0.25, -0.2) is 9.59 Å². The lowest BCUT2D eigenvalue weighted by Gasteiger charge is -2.12. The van der Waals surface area contributed by atoms with E-state index >= 15 is 0 Å². The Balaban J connectivity index is 1.60. The molecule has 3 N–H and O–H groups in total. The average molecular weight is 462 g/mol. The molecule has 0 radical (unpaired) electrons. The molecule has 0 spiro atoms. The number of tetrazole rings is 1. The Morgan fingerprint density at radius 1 is 0.543 bits per heavy atom. The number of nitrogens with one attached hydrogen (secondary N) is 1. The highest BCUT2D eigenvalue weighted by molar-refractivity contribution is 5.90. The fourth-order valence-electron chi connectivity index (χ4n) is 3.83. The molecule has 0 aliphatic heterocycles. The normalized spacial score (nSPS) is 10.7. The van der Waals surface area contributed by atoms with Crippen LogP contribution in [0.3, 0.4) is 0 Å². The molecule has 170 valence electrons. The molecule has 1 heterocycles. The smallest absolute Gasteiger partial charge is 0.335 e. The summed E-state index contributed by atoms with van der Waals surface area (Å²) in [6.45, 7) is 0. The second-order valence-electron chi connectivity index (χ2n) is 7.88. The highest BCUT2D eigenvalue weighted by Crippen LogP contribution is 2.34. The maximum atomic E-state index is 11.3. The van der Waals surface area contributed by atoms with Crippen LogP contribution in [0.25, 0.3) is 44.8 Å². The van der Waals surface area contributed by atoms with E-state index in [0.717, 1.165) is 38.9 Å². The van der Waals surface area contributed by atoms with Gasteiger partial charge in [0, 0.05) is 5.56 Å². The maximum absolute atomic E-state index is 11.3. The van der Waals surface area contributed by atoms with Crippen molar-refractivity contribution in [3.05, 3.63) is 102 Å². The topological polar surface area (TPSA) is 129 Å². The van der Waals surface area contributed by atoms with E-state index in [2.05, 4.69) is 20.6 Å². The Bertz CT molecular complexity index is 1430. The van der Waals surface area contributed by atoms with Crippen molar-refractivity contribution in [3.8, 4) is 44.8 Å². The average Bonchev–Trinajstić information content (AvgIpc) is 3.44. The van der Waals surface area contributed by atoms with Gasteiger partial charge >= 0.3 is 11.9 Å². The van der Waals surface area contributed by atoms with Gasteiger partial charge in [-0.05, 0) is 81.1 Å². The number of hydrogen-bond donors (Lipinski definition) is 3. The summed E-state index contributed by atoms with van der Waals surface area (Å²) in [5.74, 6) is -1.46. The molecule has 0 saturated carbocycles. The summed E-state index contributed by atoms with van der Waals surface area (Å²) in [6.07, 6.45) is 0. The summed E-state index contributed by atoms with van der Waals surface area (Å²) >= 11 is 0. The minimum absolute atomic E-state index is 0.214. The van der Waals surface area contributed by atoms with Crippen LogP contribution in [0, 0.1) is 0 Å². The molecule has 5 aromatic rings. The van der Waals surface area contributed by atoms with Crippen LogP contribution in [0.2, 0.25) is 0 Å². The molecule has 0 bridgehead atoms. The molecule has 0 saturated heterocycles. The Labute approximate surface area is 199 Å². The van der Waals surface area contributed by atoms with E-state index in [0.29, 0.717) is 5.82 Å². The molecule has 35 heavy (non-hydrogen) atoms. The van der Waals surface area contributed by atoms with Gasteiger partial charge in [-0.2, -0.15) is 5.21 Å². The van der Waals surface area contributed by atoms with Crippen molar-refractivity contribution in [2.24, 2.45) is 0 Å². The molecular formula is C27H18N4O4. The van der Waals surface area contributed by atoms with Crippen LogP contribution in [0.4, 0.5) is 0 Å². The summed E-state index contributed by atoms with van der Waals surface area (Å²) in [5.41, 5.74) is 6.70. The van der Waals surface area contributed by atoms with Gasteiger partial charge in [0.2, 0.25) is 5.82 Å². The van der Waals surface area contributed by atoms with Gasteiger partial charge in [0.15, 0.2) is 0 Å². The first-order valence-electron chi connectivity index (χ1n) is 10.6. The molecule has 1 aromatic heterocycles. The van der Waals surface area contributed by atoms with Crippen LogP contribution >= 0.6 is 0 Å². The number of rotatable bonds is 6. The van der Waals surface area contributed by atoms with E-state index in [1.807, 2.05) is 42.5 Å². The van der Waals surface area contributed by atoms with Gasteiger partial charge in [0.25, 0.3) is 0 Å². The monoisotopic (exact) mass is 462 g/mol. The van der Waals surface area contributed by atoms with Gasteiger partial charge in [-0.3, -0.25) is 0 Å². The quantitative estimate of drug-likeness (QED) is 0.314. The van der Waals surface area contributed by atoms with Gasteiger partial charge in [0.1, 0.15) is 0 Å². The Kier molecular flexibility index (Phi) is 5.60. The number of H-pyrrole nitrogens is 1. The fraction of sp³-hybridized carbons (Fsp3) is 0. The standard InChI is InChI=1S/C27H18N4O4/c32-26(33)20-9-3-17(4-10-20)23-13-22(16-1-7-19(8-2-16)25-28-30-31-29-25)14-24(15-23)18-5-11-21(12-6-18)27(34)35/h1-15H,(H,32,33)(H,34,35)(H,28,29,30,31). The van der Waals surface area contributed by atoms with Crippen molar-refractivity contribution < 1.29 is 19.8 Å². The Morgan fingerprint density at radius 2 is 0.914 bits per heavy atom. The first-order valence-corrected chi connectivity index (χ1v) is 10.6. The van der Waals surface area contributed by atoms with Crippen LogP contribution in [0.1, 0.15) is 20.7 Å². The molecule has 0 unspecified atom stereocenters. The summed E-state index contributed by atoms with van der Waals surface area (Å²) in [7, 11) is 0. The van der Waals surface area contributed by atoms with Crippen molar-refractivity contribution in [2.45, 2.75) is 0 Å². The van der Waals surface area contributed by atoms with E-state index in [1.165, 1.54) is 0 Å². The molecule has 5 rings (SSSR count). The van der Waals surface area contributed by atoms with Crippen LogP contribution in [-0.4, -0.2) is 42.8 Å². The highest BCUT2D eigenvalue weighted by atomic mass is 16.4. The molecule has 0 aliphatic carbocycles. The van der Waals surface area contributed by atoms with Crippen LogP contribution in [0.5, 0.6) is 0 Å². The fourth-order valence-corrected chi connectivity index (χ4v) is 3.83. The molecule has 0 fully saturated rings. The third-order valence-electron chi connectivity index (χ3n) is 5.69. The zero-order chi connectivity index (χ0) is 24.4. The lowest BCUT2D eigenvalue weighted by Crippen LogP contribution is -1.95. The lowest BCUT2D eigenvalue weighted by molar-refractivity contribution is 0.0686. The second kappa shape index (κ2) is 9.03. The third kappa shape index (κ3) is 4.53. The third-order valence-corrected chi connectivity index (χ3v) is 5.69. The van der Waals surface area contributed by atoms with Crippen molar-refractivity contribution in [3.63, 3.8) is 0 Å². The lowest BCUT2D eigenvalue weighted by atomic mass is 9.92. The predicted octanol–water partition coefficient (Wildman–Crippen LogP) is 5.26. The van der Waals surface area contributed by atoms with Crippen molar-refractivity contribution >= 4 is 11.9 Å². The summed E-state index contributed by atoms with van der Waals surface area (Å²) in [5, 5.41) is 32.5. The number of carbonyl (C=O) groups is 2. The van der Waals surface area contributed by atoms with Crippen molar-refractivity contribution in [2.75, 3.05) is 0 Å². The minimum atomic E-state index is -0.980. The number of aromatic amines is 1. The van der Waals surface area contributed by atoms with Gasteiger partial charge in [-0.1, -0.05) is 48.5 Å². The van der Waals surface area contributed by atoms with Crippen LogP contribution < -0.4 is 0 Å². The van der Waals surface area contributed by atoms with Crippen LogP contribution in [0.15, 0.2) is 91.0 Å². The van der Waals surface area contributed by atoms with Gasteiger partial charge in [-0.15, -0.1) is 10.2 Å². The number of hydrogen-bond acceptors (Lipinski definition) is 5. The maximum Gasteiger partial charge on any atom is 0.335 e. The van der Waals surface area contributed by atoms with Gasteiger partial charge < -0.3 is 10.2 Å². The van der Waals surface area contributed by atoms with Crippen molar-refractivity contribution in [1.29, 1.82) is 0 Å². The predicted molar refractivity (Wildman–Crippen MR) is 130 cm³/mol. The SMILES string of the molecule is O=C(O)c1ccc(-c2cc(-c3ccc(C(=O)O)cc3)cc(-c3ccc(-c4nn[nH]n4)cc3)c2)cc1. The molecule has 8 nitrogen and oxygen atoms in total. The number of benzene rings is 4. The molecule has 4 aromatic carbocycles. The molecule has 0 atom stereocenters. The molecule has 8 heteroatoms. The zero-order valence-electron chi connectivity index (χ0n) is 18.2. The highest BCUT2D eigenvalue weighted by Gasteiger charge is 2.11. The van der Waals surface area contributed by atoms with E-state index in [9.17, 15) is 19.8 Å². The zero-order valence-corrected chi connectivity index (χ0v) is 18.2. The summed E-state index contributed by atoms with van der Waals surface area (Å²) < 4.78 is 0. The van der Waals surface area contributed by atoms with Crippen molar-refractivity contribution in [1.82, 2.24) is 20.6 Å². The summed E-state index contributed by atoms with van der Waals surface area (Å²) in [4.78, 5) is 22.5. The van der Waals surface area contributed by atoms with Gasteiger partial charge in [0.05, 0.1) is 11.1 Å². The molecule has 0 aliphatic rings. The number of nitrogens with zero attached hydrogens (tertiary/aromatic N) is 3. The number of carboxylic acid groups (broad SMARTS) is 2. The number of carboxylic acids is 2. The Hall–Kier alpha value is -5.11. The first-order chi connectivity index (χ1) is 17.0. The van der Waals surface area contributed by atoms with Crippen LogP contribution in [-0.2, 0) is 0 Å². The molecule has 0 amide bonds. The molecular weight excluding hydrogens is 444 g/mol. The first kappa shape index (κ1) is 21.7. The number of aromatic carboxylic acids is 2. The van der Waals surface area contributed by atoms with E-state index in [1.54, 1.807) is 48.5 Å². The van der Waals surface area contributed by atoms with E-state index in [-0.39, 0.29) is 11.1 Å². The second-order valence-corrected chi connectivity index (χ2v) is 7.88. The largest absolute Gasteiger partial charge is 0.478 e. The minimum Gasteiger partial charge on any atom is -0.478 e. The number of aromatic nitrogens is 4.